The van der Waals surface area contributed by atoms with E-state index in [1.54, 1.807) is 38.1 Å². The van der Waals surface area contributed by atoms with E-state index in [9.17, 15) is 22.8 Å². The second-order valence-electron chi connectivity index (χ2n) is 7.72. The largest absolute Gasteiger partial charge is 0.355 e. The number of hydrogen-bond acceptors (Lipinski definition) is 5. The van der Waals surface area contributed by atoms with E-state index in [1.165, 1.54) is 23.1 Å². The molecule has 1 N–H and O–H groups in total. The molecular weight excluding hydrogens is 501 g/mol. The molecule has 3 amide bonds. The Balaban J connectivity index is 1.84. The maximum atomic E-state index is 13.3. The van der Waals surface area contributed by atoms with Crippen LogP contribution in [0.5, 0.6) is 0 Å². The van der Waals surface area contributed by atoms with Gasteiger partial charge in [-0.25, -0.2) is 12.7 Å². The van der Waals surface area contributed by atoms with Gasteiger partial charge >= 0.3 is 0 Å². The highest BCUT2D eigenvalue weighted by Gasteiger charge is 2.41. The third kappa shape index (κ3) is 5.21. The molecule has 0 aromatic heterocycles. The van der Waals surface area contributed by atoms with Crippen molar-refractivity contribution in [2.45, 2.75) is 44.2 Å². The van der Waals surface area contributed by atoms with Gasteiger partial charge in [0.05, 0.1) is 15.6 Å². The summed E-state index contributed by atoms with van der Waals surface area (Å²) in [6.07, 6.45) is 0.0570. The first-order chi connectivity index (χ1) is 16.1. The minimum absolute atomic E-state index is 0.0618. The van der Waals surface area contributed by atoms with Gasteiger partial charge in [0.1, 0.15) is 10.9 Å². The zero-order valence-electron chi connectivity index (χ0n) is 18.8. The summed E-state index contributed by atoms with van der Waals surface area (Å²) in [6, 6.07) is 10.0. The van der Waals surface area contributed by atoms with Crippen LogP contribution in [0.3, 0.4) is 0 Å². The number of amides is 3. The Hall–Kier alpha value is -2.62. The summed E-state index contributed by atoms with van der Waals surface area (Å²) in [5.74, 6) is -1.46. The number of carbonyl (C=O) groups is 3. The monoisotopic (exact) mass is 525 g/mol. The van der Waals surface area contributed by atoms with Gasteiger partial charge < -0.3 is 10.2 Å². The third-order valence-electron chi connectivity index (χ3n) is 5.51. The van der Waals surface area contributed by atoms with Crippen molar-refractivity contribution in [3.63, 3.8) is 0 Å². The topological polar surface area (TPSA) is 104 Å². The van der Waals surface area contributed by atoms with Gasteiger partial charge in [0, 0.05) is 26.1 Å². The first kappa shape index (κ1) is 26.0. The van der Waals surface area contributed by atoms with E-state index in [-0.39, 0.29) is 35.9 Å². The van der Waals surface area contributed by atoms with Gasteiger partial charge in [0.15, 0.2) is 0 Å². The summed E-state index contributed by atoms with van der Waals surface area (Å²) in [7, 11) is -4.04. The Morgan fingerprint density at radius 2 is 1.79 bits per heavy atom. The van der Waals surface area contributed by atoms with Crippen molar-refractivity contribution < 1.29 is 22.8 Å². The number of rotatable bonds is 9. The number of halogens is 2. The Bertz CT molecular complexity index is 1220. The van der Waals surface area contributed by atoms with Gasteiger partial charge in [-0.2, -0.15) is 0 Å². The van der Waals surface area contributed by atoms with Crippen molar-refractivity contribution in [3.8, 4) is 0 Å². The van der Waals surface area contributed by atoms with Gasteiger partial charge in [-0.1, -0.05) is 48.3 Å². The smallest absolute Gasteiger partial charge is 0.269 e. The first-order valence-corrected chi connectivity index (χ1v) is 13.0. The summed E-state index contributed by atoms with van der Waals surface area (Å²) in [5.41, 5.74) is 0.735. The molecule has 1 aliphatic rings. The molecule has 3 rings (SSSR count). The van der Waals surface area contributed by atoms with Gasteiger partial charge in [-0.05, 0) is 43.2 Å². The van der Waals surface area contributed by atoms with E-state index < -0.39 is 27.9 Å². The lowest BCUT2D eigenvalue weighted by Crippen LogP contribution is -2.49. The van der Waals surface area contributed by atoms with Crippen LogP contribution in [-0.4, -0.2) is 54.5 Å². The average molecular weight is 526 g/mol. The zero-order valence-corrected chi connectivity index (χ0v) is 21.1. The molecule has 8 nitrogen and oxygen atoms in total. The molecule has 0 unspecified atom stereocenters. The van der Waals surface area contributed by atoms with Gasteiger partial charge in [0.25, 0.3) is 15.9 Å². The summed E-state index contributed by atoms with van der Waals surface area (Å²) >= 11 is 12.1. The van der Waals surface area contributed by atoms with Crippen molar-refractivity contribution in [1.29, 1.82) is 0 Å². The second kappa shape index (κ2) is 10.8. The number of nitrogens with zero attached hydrogens (tertiary/aromatic N) is 2. The normalized spacial score (nSPS) is 15.1. The molecule has 0 saturated heterocycles. The average Bonchev–Trinajstić information content (AvgIpc) is 3.00. The van der Waals surface area contributed by atoms with Crippen LogP contribution in [0.2, 0.25) is 10.0 Å². The number of fused-ring (bicyclic) bond motifs is 1. The van der Waals surface area contributed by atoms with Gasteiger partial charge in [-0.3, -0.25) is 14.4 Å². The van der Waals surface area contributed by atoms with Crippen LogP contribution in [0.25, 0.3) is 0 Å². The Kier molecular flexibility index (Phi) is 8.22. The highest BCUT2D eigenvalue weighted by atomic mass is 35.5. The third-order valence-corrected chi connectivity index (χ3v) is 8.09. The molecule has 0 saturated carbocycles. The predicted molar refractivity (Wildman–Crippen MR) is 129 cm³/mol. The van der Waals surface area contributed by atoms with Crippen molar-refractivity contribution in [2.24, 2.45) is 0 Å². The summed E-state index contributed by atoms with van der Waals surface area (Å²) < 4.78 is 26.3. The standard InChI is InChI=1S/C23H25Cl2N3O5S/c1-3-19(22(30)26-4-2)27(14-15-9-10-17(24)18(25)13-15)21(29)11-12-28-23(31)16-7-5-6-8-20(16)34(28,32)33/h5-10,13,19H,3-4,11-12,14H2,1-2H3,(H,26,30)/t19-/m0/s1. The minimum Gasteiger partial charge on any atom is -0.355 e. The molecule has 0 bridgehead atoms. The lowest BCUT2D eigenvalue weighted by molar-refractivity contribution is -0.141. The Morgan fingerprint density at radius 1 is 1.09 bits per heavy atom. The highest BCUT2D eigenvalue weighted by Crippen LogP contribution is 2.30. The summed E-state index contributed by atoms with van der Waals surface area (Å²) in [6.45, 7) is 3.67. The molecule has 0 radical (unpaired) electrons. The fourth-order valence-corrected chi connectivity index (χ4v) is 5.73. The summed E-state index contributed by atoms with van der Waals surface area (Å²) in [5, 5.41) is 3.39. The van der Waals surface area contributed by atoms with Crippen LogP contribution >= 0.6 is 23.2 Å². The molecular formula is C23H25Cl2N3O5S. The molecule has 2 aromatic rings. The molecule has 2 aromatic carbocycles. The molecule has 0 aliphatic carbocycles. The van der Waals surface area contributed by atoms with Crippen molar-refractivity contribution in [1.82, 2.24) is 14.5 Å². The number of likely N-dealkylation sites (N-methyl/N-ethyl adjacent to an activating group) is 1. The van der Waals surface area contributed by atoms with Crippen LogP contribution in [0.4, 0.5) is 0 Å². The Morgan fingerprint density at radius 3 is 2.41 bits per heavy atom. The molecule has 11 heteroatoms. The van der Waals surface area contributed by atoms with Crippen LogP contribution in [0.1, 0.15) is 42.6 Å². The van der Waals surface area contributed by atoms with E-state index in [2.05, 4.69) is 5.32 Å². The summed E-state index contributed by atoms with van der Waals surface area (Å²) in [4.78, 5) is 40.0. The van der Waals surface area contributed by atoms with Crippen LogP contribution in [0.15, 0.2) is 47.4 Å². The van der Waals surface area contributed by atoms with Crippen LogP contribution < -0.4 is 5.32 Å². The zero-order chi connectivity index (χ0) is 25.0. The van der Waals surface area contributed by atoms with E-state index in [4.69, 9.17) is 23.2 Å². The number of sulfonamides is 1. The number of benzene rings is 2. The minimum atomic E-state index is -4.04. The SMILES string of the molecule is CCNC(=O)[C@H](CC)N(Cc1ccc(Cl)c(Cl)c1)C(=O)CCN1C(=O)c2ccccc2S1(=O)=O. The maximum Gasteiger partial charge on any atom is 0.269 e. The van der Waals surface area contributed by atoms with Gasteiger partial charge in [0.2, 0.25) is 11.8 Å². The molecule has 1 heterocycles. The number of carbonyl (C=O) groups excluding carboxylic acids is 3. The van der Waals surface area contributed by atoms with Crippen LogP contribution in [0, 0.1) is 0 Å². The molecule has 0 spiro atoms. The highest BCUT2D eigenvalue weighted by molar-refractivity contribution is 7.90. The fraction of sp³-hybridized carbons (Fsp3) is 0.348. The van der Waals surface area contributed by atoms with Crippen molar-refractivity contribution >= 4 is 50.9 Å². The Labute approximate surface area is 208 Å². The second-order valence-corrected chi connectivity index (χ2v) is 10.4. The quantitative estimate of drug-likeness (QED) is 0.539. The van der Waals surface area contributed by atoms with Crippen molar-refractivity contribution in [3.05, 3.63) is 63.6 Å². The van der Waals surface area contributed by atoms with Crippen molar-refractivity contribution in [2.75, 3.05) is 13.1 Å². The molecule has 1 atom stereocenters. The molecule has 34 heavy (non-hydrogen) atoms. The van der Waals surface area contributed by atoms with Gasteiger partial charge in [-0.15, -0.1) is 0 Å². The predicted octanol–water partition coefficient (Wildman–Crippen LogP) is 3.47. The van der Waals surface area contributed by atoms with E-state index in [0.717, 1.165) is 0 Å². The van der Waals surface area contributed by atoms with E-state index in [1.807, 2.05) is 0 Å². The van der Waals surface area contributed by atoms with Crippen LogP contribution in [-0.2, 0) is 26.2 Å². The lowest BCUT2D eigenvalue weighted by atomic mass is 10.1. The molecule has 1 aliphatic heterocycles. The maximum absolute atomic E-state index is 13.3. The molecule has 182 valence electrons. The van der Waals surface area contributed by atoms with E-state index in [0.29, 0.717) is 32.9 Å². The van der Waals surface area contributed by atoms with E-state index >= 15 is 0 Å². The fourth-order valence-electron chi connectivity index (χ4n) is 3.84. The first-order valence-electron chi connectivity index (χ1n) is 10.8. The lowest BCUT2D eigenvalue weighted by Gasteiger charge is -2.31. The molecule has 0 fully saturated rings. The number of nitrogens with one attached hydrogen (secondary N) is 1. The number of hydrogen-bond donors (Lipinski definition) is 1.